The van der Waals surface area contributed by atoms with Crippen molar-refractivity contribution in [3.8, 4) is 5.75 Å². The van der Waals surface area contributed by atoms with E-state index in [-0.39, 0.29) is 28.7 Å². The molecule has 32 heavy (non-hydrogen) atoms. The molecule has 0 saturated heterocycles. The van der Waals surface area contributed by atoms with Crippen LogP contribution in [-0.4, -0.2) is 23.2 Å². The second-order valence-electron chi connectivity index (χ2n) is 7.06. The van der Waals surface area contributed by atoms with E-state index in [2.05, 4.69) is 5.32 Å². The average molecular weight is 430 g/mol. The first-order valence-electron chi connectivity index (χ1n) is 9.73. The molecule has 1 heterocycles. The Balaban J connectivity index is 1.60. The van der Waals surface area contributed by atoms with E-state index in [1.807, 2.05) is 19.1 Å². The lowest BCUT2D eigenvalue weighted by Gasteiger charge is -2.08. The number of nitro groups is 1. The third kappa shape index (κ3) is 4.20. The summed E-state index contributed by atoms with van der Waals surface area (Å²) in [5, 5.41) is 14.3. The summed E-state index contributed by atoms with van der Waals surface area (Å²) in [4.78, 5) is 36.2. The average Bonchev–Trinajstić information content (AvgIpc) is 3.16. The summed E-state index contributed by atoms with van der Waals surface area (Å²) in [6, 6.07) is 19.7. The van der Waals surface area contributed by atoms with Crippen molar-refractivity contribution in [2.45, 2.75) is 6.92 Å². The summed E-state index contributed by atoms with van der Waals surface area (Å²) in [5.74, 6) is -1.00. The number of nitrogens with zero attached hydrogens (tertiary/aromatic N) is 1. The fourth-order valence-corrected chi connectivity index (χ4v) is 3.21. The second-order valence-corrected chi connectivity index (χ2v) is 7.06. The third-order valence-corrected chi connectivity index (χ3v) is 4.80. The van der Waals surface area contributed by atoms with Gasteiger partial charge in [0.2, 0.25) is 5.78 Å². The number of ketones is 1. The number of nitro benzene ring substituents is 1. The maximum atomic E-state index is 13.1. The van der Waals surface area contributed by atoms with Crippen LogP contribution in [0.2, 0.25) is 0 Å². The van der Waals surface area contributed by atoms with Gasteiger partial charge in [0, 0.05) is 17.0 Å². The Bertz CT molecular complexity index is 1320. The Morgan fingerprint density at radius 3 is 2.44 bits per heavy atom. The molecule has 3 aromatic carbocycles. The maximum absolute atomic E-state index is 13.1. The lowest BCUT2D eigenvalue weighted by Crippen LogP contribution is -2.21. The molecule has 8 nitrogen and oxygen atoms in total. The van der Waals surface area contributed by atoms with Crippen LogP contribution in [0.15, 0.2) is 77.2 Å². The lowest BCUT2D eigenvalue weighted by atomic mass is 10.1. The highest BCUT2D eigenvalue weighted by Gasteiger charge is 2.24. The van der Waals surface area contributed by atoms with Crippen molar-refractivity contribution in [1.82, 2.24) is 0 Å². The van der Waals surface area contributed by atoms with Gasteiger partial charge in [-0.2, -0.15) is 0 Å². The third-order valence-electron chi connectivity index (χ3n) is 4.80. The molecule has 160 valence electrons. The Morgan fingerprint density at radius 2 is 1.69 bits per heavy atom. The van der Waals surface area contributed by atoms with Crippen molar-refractivity contribution < 1.29 is 23.7 Å². The molecule has 1 aromatic heterocycles. The highest BCUT2D eigenvalue weighted by molar-refractivity contribution is 6.17. The molecule has 0 unspecified atom stereocenters. The number of benzene rings is 3. The molecule has 0 aliphatic heterocycles. The maximum Gasteiger partial charge on any atom is 0.310 e. The summed E-state index contributed by atoms with van der Waals surface area (Å²) in [6.45, 7) is 1.43. The zero-order chi connectivity index (χ0) is 22.7. The standard InChI is InChI=1S/C24H18N2O6/c1-15-10-12-16(13-11-15)23(28)24-22(17-6-2-4-8-19(17)32-24)25-21(27)14-31-20-9-5-3-7-18(20)26(29)30/h2-13H,14H2,1H3,(H,25,27). The molecule has 0 spiro atoms. The van der Waals surface area contributed by atoms with E-state index in [0.717, 1.165) is 5.56 Å². The van der Waals surface area contributed by atoms with E-state index < -0.39 is 17.4 Å². The first kappa shape index (κ1) is 20.8. The number of carbonyl (C=O) groups is 2. The molecule has 4 rings (SSSR count). The fourth-order valence-electron chi connectivity index (χ4n) is 3.21. The molecule has 0 aliphatic rings. The number of ether oxygens (including phenoxy) is 1. The van der Waals surface area contributed by atoms with Gasteiger partial charge in [0.05, 0.1) is 10.6 Å². The van der Waals surface area contributed by atoms with Gasteiger partial charge in [-0.3, -0.25) is 19.7 Å². The van der Waals surface area contributed by atoms with Crippen LogP contribution < -0.4 is 10.1 Å². The molecular weight excluding hydrogens is 412 g/mol. The number of para-hydroxylation sites is 3. The van der Waals surface area contributed by atoms with Crippen LogP contribution in [-0.2, 0) is 4.79 Å². The highest BCUT2D eigenvalue weighted by Crippen LogP contribution is 2.33. The summed E-state index contributed by atoms with van der Waals surface area (Å²) < 4.78 is 11.1. The topological polar surface area (TPSA) is 112 Å². The van der Waals surface area contributed by atoms with Gasteiger partial charge in [0.1, 0.15) is 5.58 Å². The van der Waals surface area contributed by atoms with E-state index in [0.29, 0.717) is 16.5 Å². The van der Waals surface area contributed by atoms with Gasteiger partial charge in [-0.15, -0.1) is 0 Å². The van der Waals surface area contributed by atoms with Gasteiger partial charge in [-0.25, -0.2) is 0 Å². The van der Waals surface area contributed by atoms with Crippen LogP contribution in [0, 0.1) is 17.0 Å². The van der Waals surface area contributed by atoms with Gasteiger partial charge in [-0.05, 0) is 25.1 Å². The first-order valence-corrected chi connectivity index (χ1v) is 9.73. The number of hydrogen-bond donors (Lipinski definition) is 1. The molecule has 1 N–H and O–H groups in total. The number of furan rings is 1. The SMILES string of the molecule is Cc1ccc(C(=O)c2oc3ccccc3c2NC(=O)COc2ccccc2[N+](=O)[O-])cc1. The van der Waals surface area contributed by atoms with Crippen molar-refractivity contribution >= 4 is 34.0 Å². The molecular formula is C24H18N2O6. The number of amides is 1. The highest BCUT2D eigenvalue weighted by atomic mass is 16.6. The molecule has 0 radical (unpaired) electrons. The van der Waals surface area contributed by atoms with E-state index in [1.165, 1.54) is 18.2 Å². The molecule has 0 atom stereocenters. The molecule has 0 bridgehead atoms. The summed E-state index contributed by atoms with van der Waals surface area (Å²) in [6.07, 6.45) is 0. The number of anilines is 1. The zero-order valence-electron chi connectivity index (χ0n) is 17.0. The molecule has 8 heteroatoms. The van der Waals surface area contributed by atoms with Crippen LogP contribution in [0.4, 0.5) is 11.4 Å². The number of rotatable bonds is 7. The molecule has 1 amide bonds. The van der Waals surface area contributed by atoms with Gasteiger partial charge in [0.15, 0.2) is 18.1 Å². The van der Waals surface area contributed by atoms with E-state index in [4.69, 9.17) is 9.15 Å². The molecule has 0 saturated carbocycles. The largest absolute Gasteiger partial charge is 0.477 e. The monoisotopic (exact) mass is 430 g/mol. The smallest absolute Gasteiger partial charge is 0.310 e. The molecule has 0 aliphatic carbocycles. The Morgan fingerprint density at radius 1 is 1.00 bits per heavy atom. The van der Waals surface area contributed by atoms with Crippen molar-refractivity contribution in [2.24, 2.45) is 0 Å². The number of fused-ring (bicyclic) bond motifs is 1. The predicted octanol–water partition coefficient (Wildman–Crippen LogP) is 4.90. The van der Waals surface area contributed by atoms with Gasteiger partial charge in [0.25, 0.3) is 5.91 Å². The van der Waals surface area contributed by atoms with Crippen molar-refractivity contribution in [3.05, 3.63) is 99.8 Å². The molecule has 0 fully saturated rings. The van der Waals surface area contributed by atoms with E-state index in [9.17, 15) is 19.7 Å². The lowest BCUT2D eigenvalue weighted by molar-refractivity contribution is -0.385. The van der Waals surface area contributed by atoms with Gasteiger partial charge >= 0.3 is 5.69 Å². The van der Waals surface area contributed by atoms with Crippen molar-refractivity contribution in [3.63, 3.8) is 0 Å². The van der Waals surface area contributed by atoms with Crippen molar-refractivity contribution in [2.75, 3.05) is 11.9 Å². The summed E-state index contributed by atoms with van der Waals surface area (Å²) in [7, 11) is 0. The normalized spacial score (nSPS) is 10.7. The first-order chi connectivity index (χ1) is 15.4. The van der Waals surface area contributed by atoms with Crippen LogP contribution in [0.5, 0.6) is 5.75 Å². The second kappa shape index (κ2) is 8.73. The van der Waals surface area contributed by atoms with E-state index >= 15 is 0 Å². The van der Waals surface area contributed by atoms with Crippen LogP contribution in [0.1, 0.15) is 21.7 Å². The van der Waals surface area contributed by atoms with Gasteiger partial charge in [-0.1, -0.05) is 54.1 Å². The number of nitrogens with one attached hydrogen (secondary N) is 1. The van der Waals surface area contributed by atoms with Crippen molar-refractivity contribution in [1.29, 1.82) is 0 Å². The Hall–Kier alpha value is -4.46. The zero-order valence-corrected chi connectivity index (χ0v) is 17.0. The summed E-state index contributed by atoms with van der Waals surface area (Å²) in [5.41, 5.74) is 1.85. The minimum atomic E-state index is -0.590. The number of carbonyl (C=O) groups excluding carboxylic acids is 2. The predicted molar refractivity (Wildman–Crippen MR) is 118 cm³/mol. The summed E-state index contributed by atoms with van der Waals surface area (Å²) >= 11 is 0. The minimum absolute atomic E-state index is 0.00547. The van der Waals surface area contributed by atoms with Gasteiger partial charge < -0.3 is 14.5 Å². The van der Waals surface area contributed by atoms with Crippen LogP contribution in [0.3, 0.4) is 0 Å². The quantitative estimate of drug-likeness (QED) is 0.254. The van der Waals surface area contributed by atoms with E-state index in [1.54, 1.807) is 42.5 Å². The Labute approximate surface area is 182 Å². The van der Waals surface area contributed by atoms with Crippen LogP contribution in [0.25, 0.3) is 11.0 Å². The number of aryl methyl sites for hydroxylation is 1. The fraction of sp³-hybridized carbons (Fsp3) is 0.0833. The van der Waals surface area contributed by atoms with Crippen LogP contribution >= 0.6 is 0 Å². The molecule has 4 aromatic rings. The number of hydrogen-bond acceptors (Lipinski definition) is 6. The Kier molecular flexibility index (Phi) is 5.67. The minimum Gasteiger partial charge on any atom is -0.477 e.